The van der Waals surface area contributed by atoms with Crippen molar-refractivity contribution in [3.8, 4) is 39.9 Å². The van der Waals surface area contributed by atoms with Gasteiger partial charge in [-0.3, -0.25) is 0 Å². The molecular weight excluding hydrogens is 609 g/mol. The van der Waals surface area contributed by atoms with E-state index in [-0.39, 0.29) is 28.6 Å². The minimum absolute atomic E-state index is 0.00534. The second-order valence-corrected chi connectivity index (χ2v) is 12.1. The van der Waals surface area contributed by atoms with Crippen molar-refractivity contribution in [3.63, 3.8) is 0 Å². The van der Waals surface area contributed by atoms with Crippen molar-refractivity contribution in [2.24, 2.45) is 0 Å². The third-order valence-electron chi connectivity index (χ3n) is 9.49. The van der Waals surface area contributed by atoms with Crippen molar-refractivity contribution in [1.29, 1.82) is 0 Å². The van der Waals surface area contributed by atoms with Gasteiger partial charge in [-0.05, 0) is 46.5 Å². The van der Waals surface area contributed by atoms with Gasteiger partial charge in [0.25, 0.3) is 0 Å². The number of aromatic nitrogens is 4. The summed E-state index contributed by atoms with van der Waals surface area (Å²) in [4.78, 5) is 13.8. The van der Waals surface area contributed by atoms with Crippen molar-refractivity contribution in [2.75, 3.05) is 0 Å². The normalized spacial score (nSPS) is 15.8. The maximum absolute atomic E-state index is 8.73. The van der Waals surface area contributed by atoms with Crippen LogP contribution in [0.1, 0.15) is 36.0 Å². The lowest BCUT2D eigenvalue weighted by Crippen LogP contribution is -2.35. The van der Waals surface area contributed by atoms with Gasteiger partial charge >= 0.3 is 0 Å². The van der Waals surface area contributed by atoms with Gasteiger partial charge in [-0.25, -0.2) is 15.0 Å². The van der Waals surface area contributed by atoms with E-state index in [1.807, 2.05) is 36.4 Å². The van der Waals surface area contributed by atoms with Crippen LogP contribution in [-0.4, -0.2) is 19.5 Å². The maximum Gasteiger partial charge on any atom is 0.164 e. The fourth-order valence-corrected chi connectivity index (χ4v) is 7.51. The Labute approximate surface area is 304 Å². The molecule has 0 aliphatic carbocycles. The quantitative estimate of drug-likeness (QED) is 0.187. The van der Waals surface area contributed by atoms with Crippen LogP contribution in [0.2, 0.25) is 0 Å². The zero-order valence-corrected chi connectivity index (χ0v) is 26.3. The minimum Gasteiger partial charge on any atom is -0.309 e. The lowest BCUT2D eigenvalue weighted by Gasteiger charge is -2.41. The van der Waals surface area contributed by atoms with Gasteiger partial charge in [0, 0.05) is 27.5 Å². The number of rotatable bonds is 5. The van der Waals surface area contributed by atoms with Crippen LogP contribution in [0, 0.1) is 0 Å². The summed E-state index contributed by atoms with van der Waals surface area (Å²) in [6.45, 7) is 0. The first-order valence-corrected chi connectivity index (χ1v) is 16.1. The van der Waals surface area contributed by atoms with E-state index in [0.717, 1.165) is 49.7 Å². The topological polar surface area (TPSA) is 43.6 Å². The molecule has 10 rings (SSSR count). The molecule has 0 bridgehead atoms. The van der Waals surface area contributed by atoms with E-state index in [2.05, 4.69) is 104 Å². The highest BCUT2D eigenvalue weighted by atomic mass is 15.0. The van der Waals surface area contributed by atoms with E-state index < -0.39 is 65.8 Å². The Morgan fingerprint density at radius 3 is 1.62 bits per heavy atom. The fraction of sp³-hybridized carbons (Fsp3) is 0.0217. The van der Waals surface area contributed by atoms with E-state index in [1.54, 1.807) is 0 Å². The highest BCUT2D eigenvalue weighted by Gasteiger charge is 2.45. The first kappa shape index (κ1) is 20.0. The van der Waals surface area contributed by atoms with Crippen LogP contribution in [0.4, 0.5) is 0 Å². The highest BCUT2D eigenvalue weighted by Crippen LogP contribution is 2.54. The highest BCUT2D eigenvalue weighted by molar-refractivity contribution is 6.13. The molecule has 0 fully saturated rings. The molecule has 2 aromatic heterocycles. The van der Waals surface area contributed by atoms with Crippen LogP contribution >= 0.6 is 0 Å². The van der Waals surface area contributed by atoms with Gasteiger partial charge in [-0.1, -0.05) is 157 Å². The zero-order valence-electron chi connectivity index (χ0n) is 36.3. The van der Waals surface area contributed by atoms with E-state index in [4.69, 9.17) is 13.7 Å². The Kier molecular flexibility index (Phi) is 4.49. The van der Waals surface area contributed by atoms with Gasteiger partial charge < -0.3 is 4.57 Å². The molecule has 0 saturated carbocycles. The van der Waals surface area contributed by atoms with Crippen molar-refractivity contribution in [3.05, 3.63) is 204 Å². The molecule has 50 heavy (non-hydrogen) atoms. The molecule has 1 aliphatic heterocycles. The molecule has 0 radical (unpaired) electrons. The van der Waals surface area contributed by atoms with Gasteiger partial charge in [-0.15, -0.1) is 0 Å². The molecular formula is C46H30N4. The molecule has 9 aromatic rings. The van der Waals surface area contributed by atoms with Crippen LogP contribution < -0.4 is 0 Å². The number of hydrogen-bond donors (Lipinski definition) is 0. The van der Waals surface area contributed by atoms with E-state index in [0.29, 0.717) is 5.56 Å². The van der Waals surface area contributed by atoms with Gasteiger partial charge in [0.2, 0.25) is 0 Å². The monoisotopic (exact) mass is 648 g/mol. The van der Waals surface area contributed by atoms with Gasteiger partial charge in [0.05, 0.1) is 35.8 Å². The second kappa shape index (κ2) is 11.2. The molecule has 4 heteroatoms. The molecule has 4 nitrogen and oxygen atoms in total. The number of nitrogens with zero attached hydrogens (tertiary/aromatic N) is 4. The molecule has 3 heterocycles. The average molecular weight is 649 g/mol. The minimum atomic E-state index is -0.683. The van der Waals surface area contributed by atoms with Gasteiger partial charge in [-0.2, -0.15) is 0 Å². The smallest absolute Gasteiger partial charge is 0.164 e. The third kappa shape index (κ3) is 4.15. The Hall–Kier alpha value is -6.65. The maximum atomic E-state index is 8.73. The number of para-hydroxylation sites is 2. The predicted octanol–water partition coefficient (Wildman–Crippen LogP) is 10.7. The molecule has 0 atom stereocenters. The van der Waals surface area contributed by atoms with Crippen LogP contribution in [0.5, 0.6) is 0 Å². The Morgan fingerprint density at radius 2 is 1.00 bits per heavy atom. The first-order valence-electron chi connectivity index (χ1n) is 21.1. The van der Waals surface area contributed by atoms with Crippen LogP contribution in [-0.2, 0) is 5.41 Å². The van der Waals surface area contributed by atoms with Crippen molar-refractivity contribution >= 4 is 21.8 Å². The molecule has 0 spiro atoms. The Morgan fingerprint density at radius 1 is 0.460 bits per heavy atom. The van der Waals surface area contributed by atoms with Crippen LogP contribution in [0.3, 0.4) is 0 Å². The molecule has 0 amide bonds. The molecule has 7 aromatic carbocycles. The number of fused-ring (bicyclic) bond motifs is 5. The summed E-state index contributed by atoms with van der Waals surface area (Å²) in [5.74, 6) is -0.622. The zero-order chi connectivity index (χ0) is 41.8. The third-order valence-corrected chi connectivity index (χ3v) is 9.49. The number of hydrogen-bond acceptors (Lipinski definition) is 3. The lowest BCUT2D eigenvalue weighted by molar-refractivity contribution is 0.728. The standard InChI is InChI=1S/C46H30N4/c1-5-16-31(17-6-1)43-47-44(32-18-7-2-8-19-32)49-45(48-43)33-28-29-40-37(30-33)36-24-15-26-39-42(36)50(40)41-27-14-13-25-38(41)46(39,34-20-9-3-10-21-34)35-22-11-4-12-23-35/h1-30H/i1D,2D,5D,6D,7D,8D,16D,17D,18D,19D. The summed E-state index contributed by atoms with van der Waals surface area (Å²) in [5, 5.41) is 1.80. The Bertz CT molecular complexity index is 3090. The molecule has 0 N–H and O–H groups in total. The van der Waals surface area contributed by atoms with Crippen molar-refractivity contribution < 1.29 is 13.7 Å². The van der Waals surface area contributed by atoms with Gasteiger partial charge in [0.15, 0.2) is 17.5 Å². The summed E-state index contributed by atoms with van der Waals surface area (Å²) in [6.07, 6.45) is 0. The largest absolute Gasteiger partial charge is 0.309 e. The molecule has 0 unspecified atom stereocenters. The van der Waals surface area contributed by atoms with Crippen molar-refractivity contribution in [2.45, 2.75) is 5.41 Å². The summed E-state index contributed by atoms with van der Waals surface area (Å²) in [6, 6.07) is 35.5. The molecule has 1 aliphatic rings. The second-order valence-electron chi connectivity index (χ2n) is 12.1. The molecule has 234 valence electrons. The Balaban J connectivity index is 1.29. The SMILES string of the molecule is [2H]c1c([2H])c([2H])c(-c2nc(-c3ccc4c(c3)c3cccc5c3n4-c3ccccc3C5(c3ccccc3)c3ccccc3)nc(-c3c([2H])c([2H])c([2H])c([2H])c3[2H])n2)c([2H])c1[2H]. The summed E-state index contributed by atoms with van der Waals surface area (Å²) in [7, 11) is 0. The van der Waals surface area contributed by atoms with E-state index in [9.17, 15) is 0 Å². The first-order chi connectivity index (χ1) is 28.9. The summed E-state index contributed by atoms with van der Waals surface area (Å²) >= 11 is 0. The van der Waals surface area contributed by atoms with Crippen LogP contribution in [0.15, 0.2) is 182 Å². The van der Waals surface area contributed by atoms with Gasteiger partial charge in [0.1, 0.15) is 0 Å². The average Bonchev–Trinajstić information content (AvgIpc) is 3.62. The predicted molar refractivity (Wildman–Crippen MR) is 202 cm³/mol. The number of benzene rings is 7. The lowest BCUT2D eigenvalue weighted by atomic mass is 9.63. The molecule has 0 saturated heterocycles. The van der Waals surface area contributed by atoms with E-state index >= 15 is 0 Å². The van der Waals surface area contributed by atoms with Crippen molar-refractivity contribution in [1.82, 2.24) is 19.5 Å². The summed E-state index contributed by atoms with van der Waals surface area (Å²) in [5.41, 5.74) is 6.46. The fourth-order valence-electron chi connectivity index (χ4n) is 7.51. The van der Waals surface area contributed by atoms with E-state index in [1.165, 1.54) is 0 Å². The van der Waals surface area contributed by atoms with Crippen LogP contribution in [0.25, 0.3) is 61.7 Å². The summed E-state index contributed by atoms with van der Waals surface area (Å²) < 4.78 is 87.0.